The van der Waals surface area contributed by atoms with E-state index in [0.717, 1.165) is 22.9 Å². The molecule has 0 aliphatic rings. The Hall–Kier alpha value is -2.19. The molecule has 0 N–H and O–H groups in total. The Labute approximate surface area is 129 Å². The van der Waals surface area contributed by atoms with Crippen molar-refractivity contribution in [3.05, 3.63) is 83.1 Å². The van der Waals surface area contributed by atoms with Crippen LogP contribution in [0, 0.1) is 0 Å². The van der Waals surface area contributed by atoms with Crippen LogP contribution in [0.3, 0.4) is 0 Å². The van der Waals surface area contributed by atoms with Crippen molar-refractivity contribution in [1.82, 2.24) is 4.57 Å². The molecule has 0 spiro atoms. The monoisotopic (exact) mass is 297 g/mol. The van der Waals surface area contributed by atoms with Gasteiger partial charge in [0.1, 0.15) is 5.75 Å². The summed E-state index contributed by atoms with van der Waals surface area (Å²) in [7, 11) is 1.68. The zero-order valence-electron chi connectivity index (χ0n) is 11.8. The molecule has 0 fully saturated rings. The normalized spacial score (nSPS) is 10.6. The van der Waals surface area contributed by atoms with Crippen molar-refractivity contribution in [3.8, 4) is 11.4 Å². The van der Waals surface area contributed by atoms with Gasteiger partial charge in [0.25, 0.3) is 0 Å². The van der Waals surface area contributed by atoms with Crippen LogP contribution in [0.2, 0.25) is 5.02 Å². The lowest BCUT2D eigenvalue weighted by atomic mass is 10.0. The number of methoxy groups -OCH3 is 1. The molecule has 0 aliphatic heterocycles. The quantitative estimate of drug-likeness (QED) is 0.679. The molecule has 3 rings (SSSR count). The molecule has 3 heteroatoms. The second-order valence-electron chi connectivity index (χ2n) is 4.89. The smallest absolute Gasteiger partial charge is 0.118 e. The fraction of sp³-hybridized carbons (Fsp3) is 0.111. The van der Waals surface area contributed by atoms with E-state index in [2.05, 4.69) is 22.8 Å². The third kappa shape index (κ3) is 3.11. The standard InChI is InChI=1S/C18H16ClNO/c1-21-17-7-4-14(5-8-17)12-15-13-16(19)6-9-18(15)20-10-2-3-11-20/h2-11,13H,12H2,1H3. The molecule has 106 valence electrons. The van der Waals surface area contributed by atoms with Crippen LogP contribution in [-0.2, 0) is 6.42 Å². The first-order valence-corrected chi connectivity index (χ1v) is 7.19. The maximum Gasteiger partial charge on any atom is 0.118 e. The number of benzene rings is 2. The van der Waals surface area contributed by atoms with Gasteiger partial charge in [0.2, 0.25) is 0 Å². The summed E-state index contributed by atoms with van der Waals surface area (Å²) >= 11 is 6.16. The summed E-state index contributed by atoms with van der Waals surface area (Å²) in [5.74, 6) is 0.871. The molecule has 21 heavy (non-hydrogen) atoms. The highest BCUT2D eigenvalue weighted by Gasteiger charge is 2.06. The van der Waals surface area contributed by atoms with Crippen molar-refractivity contribution in [1.29, 1.82) is 0 Å². The van der Waals surface area contributed by atoms with Gasteiger partial charge in [-0.3, -0.25) is 0 Å². The fourth-order valence-corrected chi connectivity index (χ4v) is 2.60. The van der Waals surface area contributed by atoms with E-state index in [-0.39, 0.29) is 0 Å². The zero-order valence-corrected chi connectivity index (χ0v) is 12.5. The number of hydrogen-bond donors (Lipinski definition) is 0. The van der Waals surface area contributed by atoms with Crippen LogP contribution in [0.4, 0.5) is 0 Å². The summed E-state index contributed by atoms with van der Waals surface area (Å²) in [5.41, 5.74) is 3.58. The zero-order chi connectivity index (χ0) is 14.7. The lowest BCUT2D eigenvalue weighted by molar-refractivity contribution is 0.414. The molecule has 0 bridgehead atoms. The third-order valence-electron chi connectivity index (χ3n) is 3.48. The van der Waals surface area contributed by atoms with Crippen molar-refractivity contribution in [3.63, 3.8) is 0 Å². The molecule has 0 saturated heterocycles. The number of aromatic nitrogens is 1. The van der Waals surface area contributed by atoms with Crippen molar-refractivity contribution in [2.75, 3.05) is 7.11 Å². The molecule has 0 radical (unpaired) electrons. The summed E-state index contributed by atoms with van der Waals surface area (Å²) in [5, 5.41) is 0.759. The molecular formula is C18H16ClNO. The summed E-state index contributed by atoms with van der Waals surface area (Å²) in [6.45, 7) is 0. The number of halogens is 1. The van der Waals surface area contributed by atoms with E-state index in [0.29, 0.717) is 0 Å². The van der Waals surface area contributed by atoms with Crippen LogP contribution >= 0.6 is 11.6 Å². The molecule has 2 aromatic carbocycles. The highest BCUT2D eigenvalue weighted by molar-refractivity contribution is 6.30. The Morgan fingerprint density at radius 2 is 1.71 bits per heavy atom. The van der Waals surface area contributed by atoms with E-state index < -0.39 is 0 Å². The summed E-state index contributed by atoms with van der Waals surface area (Å²) in [6, 6.07) is 18.2. The van der Waals surface area contributed by atoms with E-state index in [4.69, 9.17) is 16.3 Å². The van der Waals surface area contributed by atoms with Gasteiger partial charge in [0.15, 0.2) is 0 Å². The Morgan fingerprint density at radius 1 is 1.00 bits per heavy atom. The number of ether oxygens (including phenoxy) is 1. The predicted molar refractivity (Wildman–Crippen MR) is 86.6 cm³/mol. The first-order valence-electron chi connectivity index (χ1n) is 6.81. The first kappa shape index (κ1) is 13.8. The van der Waals surface area contributed by atoms with Gasteiger partial charge < -0.3 is 9.30 Å². The van der Waals surface area contributed by atoms with Crippen LogP contribution in [0.1, 0.15) is 11.1 Å². The van der Waals surface area contributed by atoms with E-state index in [1.165, 1.54) is 11.1 Å². The van der Waals surface area contributed by atoms with Crippen LogP contribution < -0.4 is 4.74 Å². The van der Waals surface area contributed by atoms with Gasteiger partial charge in [-0.1, -0.05) is 23.7 Å². The Bertz CT molecular complexity index is 717. The SMILES string of the molecule is COc1ccc(Cc2cc(Cl)ccc2-n2cccc2)cc1. The predicted octanol–water partition coefficient (Wildman–Crippen LogP) is 4.73. The summed E-state index contributed by atoms with van der Waals surface area (Å²) in [6.07, 6.45) is 4.92. The van der Waals surface area contributed by atoms with Crippen molar-refractivity contribution in [2.45, 2.75) is 6.42 Å². The molecular weight excluding hydrogens is 282 g/mol. The lowest BCUT2D eigenvalue weighted by Gasteiger charge is -2.12. The summed E-state index contributed by atoms with van der Waals surface area (Å²) in [4.78, 5) is 0. The van der Waals surface area contributed by atoms with E-state index >= 15 is 0 Å². The van der Waals surface area contributed by atoms with Gasteiger partial charge in [-0.15, -0.1) is 0 Å². The first-order chi connectivity index (χ1) is 10.3. The summed E-state index contributed by atoms with van der Waals surface area (Å²) < 4.78 is 7.30. The van der Waals surface area contributed by atoms with E-state index in [1.54, 1.807) is 7.11 Å². The minimum absolute atomic E-state index is 0.759. The fourth-order valence-electron chi connectivity index (χ4n) is 2.41. The van der Waals surface area contributed by atoms with Crippen LogP contribution in [0.5, 0.6) is 5.75 Å². The van der Waals surface area contributed by atoms with Gasteiger partial charge in [-0.25, -0.2) is 0 Å². The number of hydrogen-bond acceptors (Lipinski definition) is 1. The Kier molecular flexibility index (Phi) is 3.98. The number of rotatable bonds is 4. The second-order valence-corrected chi connectivity index (χ2v) is 5.32. The molecule has 0 unspecified atom stereocenters. The van der Waals surface area contributed by atoms with Crippen LogP contribution in [-0.4, -0.2) is 11.7 Å². The minimum Gasteiger partial charge on any atom is -0.497 e. The van der Waals surface area contributed by atoms with Gasteiger partial charge in [0, 0.05) is 23.1 Å². The topological polar surface area (TPSA) is 14.2 Å². The van der Waals surface area contributed by atoms with Crippen LogP contribution in [0.25, 0.3) is 5.69 Å². The molecule has 1 heterocycles. The van der Waals surface area contributed by atoms with Crippen molar-refractivity contribution in [2.24, 2.45) is 0 Å². The average molecular weight is 298 g/mol. The average Bonchev–Trinajstić information content (AvgIpc) is 3.02. The third-order valence-corrected chi connectivity index (χ3v) is 3.71. The highest BCUT2D eigenvalue weighted by Crippen LogP contribution is 2.23. The van der Waals surface area contributed by atoms with E-state index in [9.17, 15) is 0 Å². The van der Waals surface area contributed by atoms with Gasteiger partial charge in [-0.2, -0.15) is 0 Å². The van der Waals surface area contributed by atoms with Gasteiger partial charge in [0.05, 0.1) is 7.11 Å². The molecule has 1 aromatic heterocycles. The molecule has 0 atom stereocenters. The maximum absolute atomic E-state index is 6.16. The molecule has 0 aliphatic carbocycles. The molecule has 0 saturated carbocycles. The molecule has 3 aromatic rings. The lowest BCUT2D eigenvalue weighted by Crippen LogP contribution is -1.98. The maximum atomic E-state index is 6.16. The van der Waals surface area contributed by atoms with E-state index in [1.807, 2.05) is 48.8 Å². The second kappa shape index (κ2) is 6.06. The molecule has 0 amide bonds. The highest BCUT2D eigenvalue weighted by atomic mass is 35.5. The Morgan fingerprint density at radius 3 is 2.38 bits per heavy atom. The number of nitrogens with zero attached hydrogens (tertiary/aromatic N) is 1. The van der Waals surface area contributed by atoms with Gasteiger partial charge >= 0.3 is 0 Å². The van der Waals surface area contributed by atoms with Gasteiger partial charge in [-0.05, 0) is 60.0 Å². The largest absolute Gasteiger partial charge is 0.497 e. The van der Waals surface area contributed by atoms with Crippen molar-refractivity contribution < 1.29 is 4.74 Å². The Balaban J connectivity index is 1.95. The van der Waals surface area contributed by atoms with Crippen LogP contribution in [0.15, 0.2) is 67.0 Å². The van der Waals surface area contributed by atoms with Crippen molar-refractivity contribution >= 4 is 11.6 Å². The minimum atomic E-state index is 0.759. The molecule has 2 nitrogen and oxygen atoms in total.